The van der Waals surface area contributed by atoms with Gasteiger partial charge in [0.1, 0.15) is 0 Å². The normalized spacial score (nSPS) is 10.8. The third kappa shape index (κ3) is 4.90. The summed E-state index contributed by atoms with van der Waals surface area (Å²) in [4.78, 5) is 32.7. The zero-order valence-electron chi connectivity index (χ0n) is 11.2. The van der Waals surface area contributed by atoms with Crippen LogP contribution in [0, 0.1) is 10.1 Å². The van der Waals surface area contributed by atoms with Gasteiger partial charge < -0.3 is 10.5 Å². The van der Waals surface area contributed by atoms with E-state index in [1.807, 2.05) is 5.43 Å². The summed E-state index contributed by atoms with van der Waals surface area (Å²) in [6.07, 6.45) is -0.170. The van der Waals surface area contributed by atoms with Gasteiger partial charge in [-0.3, -0.25) is 10.1 Å². The number of para-hydroxylation sites is 1. The molecule has 2 amide bonds. The number of nitro benzene ring substituents is 1. The lowest BCUT2D eigenvalue weighted by atomic mass is 10.1. The van der Waals surface area contributed by atoms with Gasteiger partial charge in [-0.1, -0.05) is 18.2 Å². The zero-order valence-corrected chi connectivity index (χ0v) is 11.2. The summed E-state index contributed by atoms with van der Waals surface area (Å²) < 4.78 is 4.78. The molecule has 0 aliphatic rings. The van der Waals surface area contributed by atoms with Crippen molar-refractivity contribution in [3.05, 3.63) is 39.9 Å². The van der Waals surface area contributed by atoms with E-state index in [1.165, 1.54) is 18.2 Å². The molecule has 0 fully saturated rings. The highest BCUT2D eigenvalue weighted by Gasteiger charge is 2.20. The third-order valence-corrected chi connectivity index (χ3v) is 2.36. The standard InChI is InChI=1S/C12H14N4O5/c1-2-21-11(17)9(14-15-12(13)18)7-8-5-3-4-6-10(8)16(19)20/h3-6H,2,7H2,1H3,(H3,13,15,18)/b14-9+. The van der Waals surface area contributed by atoms with E-state index >= 15 is 0 Å². The molecule has 0 saturated heterocycles. The lowest BCUT2D eigenvalue weighted by Gasteiger charge is -2.06. The molecule has 0 bridgehead atoms. The first-order valence-corrected chi connectivity index (χ1v) is 5.97. The first-order valence-electron chi connectivity index (χ1n) is 5.97. The molecule has 0 atom stereocenters. The SMILES string of the molecule is CCOC(=O)/C(Cc1ccccc1[N+](=O)[O-])=N/NC(N)=O. The highest BCUT2D eigenvalue weighted by atomic mass is 16.6. The van der Waals surface area contributed by atoms with Crippen molar-refractivity contribution in [2.24, 2.45) is 10.8 Å². The topological polar surface area (TPSA) is 137 Å². The summed E-state index contributed by atoms with van der Waals surface area (Å²) in [5, 5.41) is 14.5. The summed E-state index contributed by atoms with van der Waals surface area (Å²) in [6.45, 7) is 1.70. The van der Waals surface area contributed by atoms with E-state index in [1.54, 1.807) is 13.0 Å². The molecule has 9 nitrogen and oxygen atoms in total. The molecule has 0 spiro atoms. The lowest BCUT2D eigenvalue weighted by Crippen LogP contribution is -2.29. The van der Waals surface area contributed by atoms with Gasteiger partial charge in [0.05, 0.1) is 11.5 Å². The predicted octanol–water partition coefficient (Wildman–Crippen LogP) is 0.725. The molecule has 112 valence electrons. The van der Waals surface area contributed by atoms with Gasteiger partial charge in [-0.25, -0.2) is 15.0 Å². The fourth-order valence-corrected chi connectivity index (χ4v) is 1.51. The van der Waals surface area contributed by atoms with E-state index in [4.69, 9.17) is 10.5 Å². The van der Waals surface area contributed by atoms with Crippen LogP contribution in [0.1, 0.15) is 12.5 Å². The zero-order chi connectivity index (χ0) is 15.8. The Bertz CT molecular complexity index is 585. The lowest BCUT2D eigenvalue weighted by molar-refractivity contribution is -0.385. The monoisotopic (exact) mass is 294 g/mol. The molecule has 0 aliphatic heterocycles. The average molecular weight is 294 g/mol. The Kier molecular flexibility index (Phi) is 5.80. The maximum Gasteiger partial charge on any atom is 0.354 e. The molecular weight excluding hydrogens is 280 g/mol. The Balaban J connectivity index is 3.06. The average Bonchev–Trinajstić information content (AvgIpc) is 2.43. The summed E-state index contributed by atoms with van der Waals surface area (Å²) in [6, 6.07) is 4.92. The van der Waals surface area contributed by atoms with Crippen LogP contribution in [0.25, 0.3) is 0 Å². The van der Waals surface area contributed by atoms with Crippen molar-refractivity contribution in [2.75, 3.05) is 6.61 Å². The highest BCUT2D eigenvalue weighted by Crippen LogP contribution is 2.18. The smallest absolute Gasteiger partial charge is 0.354 e. The largest absolute Gasteiger partial charge is 0.461 e. The number of hydrazone groups is 1. The van der Waals surface area contributed by atoms with E-state index in [2.05, 4.69) is 5.10 Å². The molecule has 0 unspecified atom stereocenters. The van der Waals surface area contributed by atoms with Gasteiger partial charge in [0.25, 0.3) is 5.69 Å². The van der Waals surface area contributed by atoms with Gasteiger partial charge in [0.15, 0.2) is 5.71 Å². The number of hydrogen-bond acceptors (Lipinski definition) is 6. The number of nitrogens with two attached hydrogens (primary N) is 1. The second kappa shape index (κ2) is 7.58. The van der Waals surface area contributed by atoms with Crippen molar-refractivity contribution >= 4 is 23.4 Å². The molecular formula is C12H14N4O5. The molecule has 0 radical (unpaired) electrons. The fourth-order valence-electron chi connectivity index (χ4n) is 1.51. The van der Waals surface area contributed by atoms with Crippen LogP contribution in [-0.4, -0.2) is 29.2 Å². The predicted molar refractivity (Wildman–Crippen MR) is 73.6 cm³/mol. The van der Waals surface area contributed by atoms with Crippen molar-refractivity contribution < 1.29 is 19.2 Å². The number of nitrogens with zero attached hydrogens (tertiary/aromatic N) is 2. The summed E-state index contributed by atoms with van der Waals surface area (Å²) in [7, 11) is 0. The number of primary amides is 1. The second-order valence-corrected chi connectivity index (χ2v) is 3.82. The number of carbonyl (C=O) groups is 2. The summed E-state index contributed by atoms with van der Waals surface area (Å²) in [5.41, 5.74) is 6.69. The number of nitrogens with one attached hydrogen (secondary N) is 1. The molecule has 0 aliphatic carbocycles. The van der Waals surface area contributed by atoms with Crippen LogP contribution in [-0.2, 0) is 16.0 Å². The van der Waals surface area contributed by atoms with Crippen molar-refractivity contribution in [3.8, 4) is 0 Å². The Hall–Kier alpha value is -2.97. The van der Waals surface area contributed by atoms with Crippen LogP contribution in [0.15, 0.2) is 29.4 Å². The maximum absolute atomic E-state index is 11.7. The number of urea groups is 1. The number of rotatable bonds is 6. The number of esters is 1. The van der Waals surface area contributed by atoms with E-state index in [0.717, 1.165) is 0 Å². The first-order chi connectivity index (χ1) is 9.95. The van der Waals surface area contributed by atoms with Crippen LogP contribution in [0.2, 0.25) is 0 Å². The molecule has 0 saturated carbocycles. The van der Waals surface area contributed by atoms with E-state index in [0.29, 0.717) is 0 Å². The molecule has 3 N–H and O–H groups in total. The van der Waals surface area contributed by atoms with Gasteiger partial charge in [-0.2, -0.15) is 5.10 Å². The van der Waals surface area contributed by atoms with Gasteiger partial charge in [0, 0.05) is 18.1 Å². The number of amides is 2. The van der Waals surface area contributed by atoms with Gasteiger partial charge in [0.2, 0.25) is 0 Å². The van der Waals surface area contributed by atoms with Crippen LogP contribution >= 0.6 is 0 Å². The van der Waals surface area contributed by atoms with Crippen molar-refractivity contribution in [1.82, 2.24) is 5.43 Å². The maximum atomic E-state index is 11.7. The Morgan fingerprint density at radius 2 is 2.10 bits per heavy atom. The van der Waals surface area contributed by atoms with E-state index in [-0.39, 0.29) is 30.0 Å². The van der Waals surface area contributed by atoms with Crippen LogP contribution < -0.4 is 11.2 Å². The van der Waals surface area contributed by atoms with Gasteiger partial charge >= 0.3 is 12.0 Å². The Morgan fingerprint density at radius 1 is 1.43 bits per heavy atom. The van der Waals surface area contributed by atoms with Gasteiger partial charge in [-0.05, 0) is 6.92 Å². The van der Waals surface area contributed by atoms with Crippen LogP contribution in [0.4, 0.5) is 10.5 Å². The van der Waals surface area contributed by atoms with Crippen molar-refractivity contribution in [1.29, 1.82) is 0 Å². The van der Waals surface area contributed by atoms with E-state index in [9.17, 15) is 19.7 Å². The molecule has 0 aromatic heterocycles. The number of benzene rings is 1. The van der Waals surface area contributed by atoms with Crippen LogP contribution in [0.5, 0.6) is 0 Å². The molecule has 9 heteroatoms. The molecule has 21 heavy (non-hydrogen) atoms. The minimum Gasteiger partial charge on any atom is -0.461 e. The Morgan fingerprint density at radius 3 is 2.67 bits per heavy atom. The number of ether oxygens (including phenoxy) is 1. The molecule has 1 rings (SSSR count). The molecule has 0 heterocycles. The fraction of sp³-hybridized carbons (Fsp3) is 0.250. The minimum absolute atomic E-state index is 0.102. The molecule has 1 aromatic carbocycles. The number of carbonyl (C=O) groups excluding carboxylic acids is 2. The summed E-state index contributed by atoms with van der Waals surface area (Å²) in [5.74, 6) is -0.788. The molecule has 1 aromatic rings. The van der Waals surface area contributed by atoms with Crippen molar-refractivity contribution in [3.63, 3.8) is 0 Å². The summed E-state index contributed by atoms with van der Waals surface area (Å²) >= 11 is 0. The van der Waals surface area contributed by atoms with Gasteiger partial charge in [-0.15, -0.1) is 0 Å². The second-order valence-electron chi connectivity index (χ2n) is 3.82. The van der Waals surface area contributed by atoms with E-state index < -0.39 is 16.9 Å². The highest BCUT2D eigenvalue weighted by molar-refractivity contribution is 6.37. The first kappa shape index (κ1) is 16.1. The third-order valence-electron chi connectivity index (χ3n) is 2.36. The number of nitro groups is 1. The minimum atomic E-state index is -0.959. The quantitative estimate of drug-likeness (QED) is 0.345. The Labute approximate surface area is 119 Å². The van der Waals surface area contributed by atoms with Crippen LogP contribution in [0.3, 0.4) is 0 Å². The van der Waals surface area contributed by atoms with Crippen molar-refractivity contribution in [2.45, 2.75) is 13.3 Å². The number of hydrogen-bond donors (Lipinski definition) is 2.